The lowest BCUT2D eigenvalue weighted by Crippen LogP contribution is -1.93. The minimum absolute atomic E-state index is 0.412. The second-order valence-corrected chi connectivity index (χ2v) is 4.37. The lowest BCUT2D eigenvalue weighted by Gasteiger charge is -1.94. The first-order chi connectivity index (χ1) is 8.27. The van der Waals surface area contributed by atoms with E-state index in [0.717, 1.165) is 32.2 Å². The highest BCUT2D eigenvalue weighted by Crippen LogP contribution is 2.19. The van der Waals surface area contributed by atoms with E-state index in [1.54, 1.807) is 0 Å². The maximum atomic E-state index is 10.6. The third-order valence-corrected chi connectivity index (χ3v) is 2.78. The monoisotopic (exact) mass is 233 g/mol. The van der Waals surface area contributed by atoms with Crippen molar-refractivity contribution in [3.8, 4) is 0 Å². The van der Waals surface area contributed by atoms with Crippen LogP contribution in [0.25, 0.3) is 0 Å². The van der Waals surface area contributed by atoms with Crippen LogP contribution in [0.5, 0.6) is 0 Å². The Balaban J connectivity index is 0.000000172. The zero-order valence-corrected chi connectivity index (χ0v) is 11.0. The Bertz CT molecular complexity index is 316. The Morgan fingerprint density at radius 2 is 1.82 bits per heavy atom. The summed E-state index contributed by atoms with van der Waals surface area (Å²) in [6.45, 7) is 5.18. The molecule has 2 heteroatoms. The summed E-state index contributed by atoms with van der Waals surface area (Å²) in [5, 5.41) is 3.30. The van der Waals surface area contributed by atoms with Crippen LogP contribution in [-0.4, -0.2) is 12.3 Å². The first-order valence-electron chi connectivity index (χ1n) is 6.61. The van der Waals surface area contributed by atoms with Gasteiger partial charge in [0.2, 0.25) is 0 Å². The summed E-state index contributed by atoms with van der Waals surface area (Å²) in [7, 11) is 0. The van der Waals surface area contributed by atoms with E-state index in [-0.39, 0.29) is 0 Å². The van der Waals surface area contributed by atoms with Gasteiger partial charge in [-0.25, -0.2) is 0 Å². The van der Waals surface area contributed by atoms with Crippen molar-refractivity contribution in [2.75, 3.05) is 11.9 Å². The number of fused-ring (bicyclic) bond motifs is 1. The van der Waals surface area contributed by atoms with Crippen LogP contribution in [0.4, 0.5) is 5.69 Å². The molecule has 0 unspecified atom stereocenters. The number of ketones is 1. The van der Waals surface area contributed by atoms with Gasteiger partial charge < -0.3 is 5.32 Å². The molecule has 0 atom stereocenters. The van der Waals surface area contributed by atoms with Gasteiger partial charge in [-0.3, -0.25) is 4.79 Å². The summed E-state index contributed by atoms with van der Waals surface area (Å²) in [6.07, 6.45) is 4.73. The van der Waals surface area contributed by atoms with Crippen LogP contribution in [0.15, 0.2) is 24.3 Å². The lowest BCUT2D eigenvalue weighted by molar-refractivity contribution is -0.119. The van der Waals surface area contributed by atoms with E-state index >= 15 is 0 Å². The quantitative estimate of drug-likeness (QED) is 0.856. The first-order valence-corrected chi connectivity index (χ1v) is 6.61. The zero-order valence-electron chi connectivity index (χ0n) is 11.0. The van der Waals surface area contributed by atoms with E-state index < -0.39 is 0 Å². The second kappa shape index (κ2) is 7.88. The van der Waals surface area contributed by atoms with E-state index in [1.165, 1.54) is 17.7 Å². The molecule has 0 spiro atoms. The van der Waals surface area contributed by atoms with Crippen molar-refractivity contribution >= 4 is 11.5 Å². The van der Waals surface area contributed by atoms with Gasteiger partial charge in [-0.15, -0.1) is 0 Å². The summed E-state index contributed by atoms with van der Waals surface area (Å²) in [5.74, 6) is 0.412. The molecular weight excluding hydrogens is 210 g/mol. The predicted octanol–water partition coefficient (Wildman–Crippen LogP) is 3.81. The number of rotatable bonds is 4. The fourth-order valence-electron chi connectivity index (χ4n) is 1.93. The normalized spacial score (nSPS) is 12.1. The topological polar surface area (TPSA) is 29.1 Å². The molecule has 2 rings (SSSR count). The zero-order chi connectivity index (χ0) is 12.5. The van der Waals surface area contributed by atoms with Gasteiger partial charge in [-0.2, -0.15) is 0 Å². The van der Waals surface area contributed by atoms with Crippen LogP contribution in [0.1, 0.15) is 45.1 Å². The van der Waals surface area contributed by atoms with Crippen LogP contribution in [0.2, 0.25) is 0 Å². The minimum atomic E-state index is 0.412. The van der Waals surface area contributed by atoms with Gasteiger partial charge >= 0.3 is 0 Å². The summed E-state index contributed by atoms with van der Waals surface area (Å²) in [5.41, 5.74) is 2.77. The second-order valence-electron chi connectivity index (χ2n) is 4.37. The Labute approximate surface area is 104 Å². The largest absolute Gasteiger partial charge is 0.384 e. The number of anilines is 1. The third-order valence-electron chi connectivity index (χ3n) is 2.78. The van der Waals surface area contributed by atoms with Crippen molar-refractivity contribution in [3.05, 3.63) is 29.8 Å². The molecule has 2 nitrogen and oxygen atoms in total. The van der Waals surface area contributed by atoms with Gasteiger partial charge in [0, 0.05) is 25.1 Å². The average Bonchev–Trinajstić information content (AvgIpc) is 2.78. The Morgan fingerprint density at radius 1 is 1.18 bits per heavy atom. The molecule has 0 fully saturated rings. The summed E-state index contributed by atoms with van der Waals surface area (Å²) in [6, 6.07) is 8.46. The number of nitrogens with one attached hydrogen (secondary N) is 1. The molecule has 1 aliphatic heterocycles. The highest BCUT2D eigenvalue weighted by atomic mass is 16.1. The molecule has 1 N–H and O–H groups in total. The molecule has 1 aliphatic rings. The van der Waals surface area contributed by atoms with Crippen molar-refractivity contribution in [2.24, 2.45) is 0 Å². The maximum Gasteiger partial charge on any atom is 0.132 e. The summed E-state index contributed by atoms with van der Waals surface area (Å²) < 4.78 is 0. The molecule has 0 aromatic heterocycles. The fraction of sp³-hybridized carbons (Fsp3) is 0.533. The Hall–Kier alpha value is -1.31. The molecule has 1 aromatic rings. The van der Waals surface area contributed by atoms with Gasteiger partial charge in [-0.05, 0) is 30.9 Å². The average molecular weight is 233 g/mol. The number of carbonyl (C=O) groups excluding carboxylic acids is 1. The molecule has 0 radical (unpaired) electrons. The van der Waals surface area contributed by atoms with Gasteiger partial charge in [-0.1, -0.05) is 32.0 Å². The lowest BCUT2D eigenvalue weighted by atomic mass is 10.1. The molecule has 0 saturated heterocycles. The number of hydrogen-bond donors (Lipinski definition) is 1. The smallest absolute Gasteiger partial charge is 0.132 e. The minimum Gasteiger partial charge on any atom is -0.384 e. The van der Waals surface area contributed by atoms with Gasteiger partial charge in [0.15, 0.2) is 0 Å². The van der Waals surface area contributed by atoms with Gasteiger partial charge in [0.05, 0.1) is 0 Å². The van der Waals surface area contributed by atoms with E-state index in [9.17, 15) is 4.79 Å². The predicted molar refractivity (Wildman–Crippen MR) is 73.5 cm³/mol. The van der Waals surface area contributed by atoms with Crippen LogP contribution < -0.4 is 5.32 Å². The van der Waals surface area contributed by atoms with Crippen molar-refractivity contribution in [2.45, 2.75) is 46.0 Å². The standard InChI is InChI=1S/C8H9N.C7H14O/c1-2-4-8-7(3-1)5-6-9-8;1-3-5-7(8)6-4-2/h1-4,9H,5-6H2;3-6H2,1-2H3. The fourth-order valence-corrected chi connectivity index (χ4v) is 1.93. The molecule has 0 aliphatic carbocycles. The molecule has 17 heavy (non-hydrogen) atoms. The number of Topliss-reactive ketones (excluding diaryl/α,β-unsaturated/α-hetero) is 1. The molecular formula is C15H23NO. The maximum absolute atomic E-state index is 10.6. The van der Waals surface area contributed by atoms with E-state index in [2.05, 4.69) is 29.6 Å². The highest BCUT2D eigenvalue weighted by molar-refractivity contribution is 5.78. The Kier molecular flexibility index (Phi) is 6.38. The molecule has 0 amide bonds. The van der Waals surface area contributed by atoms with E-state index in [1.807, 2.05) is 13.8 Å². The van der Waals surface area contributed by atoms with E-state index in [4.69, 9.17) is 0 Å². The van der Waals surface area contributed by atoms with Crippen LogP contribution in [0.3, 0.4) is 0 Å². The molecule has 0 saturated carbocycles. The number of para-hydroxylation sites is 1. The number of carbonyl (C=O) groups is 1. The number of hydrogen-bond acceptors (Lipinski definition) is 2. The molecule has 1 heterocycles. The summed E-state index contributed by atoms with van der Waals surface area (Å²) >= 11 is 0. The third kappa shape index (κ3) is 5.03. The van der Waals surface area contributed by atoms with Gasteiger partial charge in [0.1, 0.15) is 5.78 Å². The van der Waals surface area contributed by atoms with Crippen molar-refractivity contribution in [1.82, 2.24) is 0 Å². The van der Waals surface area contributed by atoms with Crippen LogP contribution >= 0.6 is 0 Å². The van der Waals surface area contributed by atoms with Gasteiger partial charge in [0.25, 0.3) is 0 Å². The van der Waals surface area contributed by atoms with Crippen molar-refractivity contribution < 1.29 is 4.79 Å². The molecule has 1 aromatic carbocycles. The number of benzene rings is 1. The van der Waals surface area contributed by atoms with Crippen molar-refractivity contribution in [3.63, 3.8) is 0 Å². The summed E-state index contributed by atoms with van der Waals surface area (Å²) in [4.78, 5) is 10.6. The highest BCUT2D eigenvalue weighted by Gasteiger charge is 2.05. The molecule has 0 bridgehead atoms. The van der Waals surface area contributed by atoms with Crippen LogP contribution in [-0.2, 0) is 11.2 Å². The molecule has 94 valence electrons. The first kappa shape index (κ1) is 13.8. The van der Waals surface area contributed by atoms with Crippen LogP contribution in [0, 0.1) is 0 Å². The SMILES string of the molecule is CCCC(=O)CCC.c1ccc2c(c1)CCN2. The van der Waals surface area contributed by atoms with E-state index in [0.29, 0.717) is 5.78 Å². The van der Waals surface area contributed by atoms with Crippen molar-refractivity contribution in [1.29, 1.82) is 0 Å². The Morgan fingerprint density at radius 3 is 2.41 bits per heavy atom.